The summed E-state index contributed by atoms with van der Waals surface area (Å²) in [6.07, 6.45) is 1.48. The van der Waals surface area contributed by atoms with Gasteiger partial charge in [-0.15, -0.1) is 0 Å². The molecule has 2 aromatic rings. The maximum absolute atomic E-state index is 13.3. The zero-order valence-electron chi connectivity index (χ0n) is 20.7. The van der Waals surface area contributed by atoms with Gasteiger partial charge in [0.15, 0.2) is 0 Å². The second-order valence-corrected chi connectivity index (χ2v) is 12.7. The van der Waals surface area contributed by atoms with Crippen LogP contribution in [0.15, 0.2) is 53.0 Å². The quantitative estimate of drug-likeness (QED) is 0.425. The average Bonchev–Trinajstić information content (AvgIpc) is 2.73. The predicted octanol–water partition coefficient (Wildman–Crippen LogP) is 4.98. The van der Waals surface area contributed by atoms with Crippen LogP contribution < -0.4 is 9.62 Å². The van der Waals surface area contributed by atoms with Gasteiger partial charge in [-0.05, 0) is 70.0 Å². The number of anilines is 1. The van der Waals surface area contributed by atoms with E-state index in [1.807, 2.05) is 45.0 Å². The molecule has 10 heteroatoms. The minimum atomic E-state index is -3.57. The van der Waals surface area contributed by atoms with E-state index in [1.165, 1.54) is 9.21 Å². The average molecular weight is 587 g/mol. The van der Waals surface area contributed by atoms with Crippen molar-refractivity contribution in [3.05, 3.63) is 63.6 Å². The molecular formula is C25H33BrClN3O4S. The molecule has 0 saturated carbocycles. The van der Waals surface area contributed by atoms with E-state index in [4.69, 9.17) is 11.6 Å². The van der Waals surface area contributed by atoms with Crippen LogP contribution in [0.25, 0.3) is 0 Å². The molecule has 192 valence electrons. The largest absolute Gasteiger partial charge is 0.350 e. The number of hydrogen-bond acceptors (Lipinski definition) is 4. The highest BCUT2D eigenvalue weighted by Crippen LogP contribution is 2.23. The van der Waals surface area contributed by atoms with Crippen molar-refractivity contribution in [2.24, 2.45) is 0 Å². The van der Waals surface area contributed by atoms with E-state index in [1.54, 1.807) is 31.2 Å². The second-order valence-electron chi connectivity index (χ2n) is 9.48. The van der Waals surface area contributed by atoms with Crippen molar-refractivity contribution < 1.29 is 18.0 Å². The van der Waals surface area contributed by atoms with Gasteiger partial charge in [0.05, 0.1) is 11.9 Å². The maximum atomic E-state index is 13.3. The first kappa shape index (κ1) is 29.1. The summed E-state index contributed by atoms with van der Waals surface area (Å²) in [4.78, 5) is 27.7. The first-order valence-corrected chi connectivity index (χ1v) is 14.3. The molecule has 2 aromatic carbocycles. The van der Waals surface area contributed by atoms with E-state index in [-0.39, 0.29) is 37.7 Å². The molecule has 0 fully saturated rings. The first-order chi connectivity index (χ1) is 16.2. The molecule has 7 nitrogen and oxygen atoms in total. The van der Waals surface area contributed by atoms with Gasteiger partial charge >= 0.3 is 0 Å². The number of benzene rings is 2. The van der Waals surface area contributed by atoms with Crippen LogP contribution in [0.3, 0.4) is 0 Å². The second kappa shape index (κ2) is 12.2. The predicted molar refractivity (Wildman–Crippen MR) is 145 cm³/mol. The third-order valence-electron chi connectivity index (χ3n) is 5.18. The summed E-state index contributed by atoms with van der Waals surface area (Å²) in [6, 6.07) is 13.4. The summed E-state index contributed by atoms with van der Waals surface area (Å²) in [5.41, 5.74) is 0.885. The summed E-state index contributed by atoms with van der Waals surface area (Å²) in [6.45, 7) is 7.72. The molecule has 35 heavy (non-hydrogen) atoms. The minimum Gasteiger partial charge on any atom is -0.350 e. The van der Waals surface area contributed by atoms with E-state index < -0.39 is 21.6 Å². The molecule has 0 aliphatic carbocycles. The lowest BCUT2D eigenvalue weighted by molar-refractivity contribution is -0.141. The van der Waals surface area contributed by atoms with Gasteiger partial charge < -0.3 is 10.2 Å². The molecule has 2 rings (SSSR count). The Morgan fingerprint density at radius 2 is 1.74 bits per heavy atom. The SMILES string of the molecule is C[C@@H](C(=O)NC(C)(C)C)N(Cc1ccc(Br)cc1)C(=O)CCCN(c1cccc(Cl)c1)S(C)(=O)=O. The van der Waals surface area contributed by atoms with E-state index in [0.29, 0.717) is 10.7 Å². The van der Waals surface area contributed by atoms with Gasteiger partial charge in [-0.2, -0.15) is 0 Å². The van der Waals surface area contributed by atoms with Gasteiger partial charge in [0.1, 0.15) is 6.04 Å². The Bertz CT molecular complexity index is 1130. The molecular weight excluding hydrogens is 554 g/mol. The van der Waals surface area contributed by atoms with Crippen LogP contribution in [0.4, 0.5) is 5.69 Å². The fourth-order valence-corrected chi connectivity index (χ4v) is 4.88. The lowest BCUT2D eigenvalue weighted by Gasteiger charge is -2.32. The van der Waals surface area contributed by atoms with Gasteiger partial charge in [-0.25, -0.2) is 8.42 Å². The van der Waals surface area contributed by atoms with Crippen molar-refractivity contribution in [2.45, 2.75) is 58.7 Å². The van der Waals surface area contributed by atoms with E-state index in [9.17, 15) is 18.0 Å². The molecule has 0 aromatic heterocycles. The number of carbonyl (C=O) groups is 2. The highest BCUT2D eigenvalue weighted by Gasteiger charge is 2.28. The Kier molecular flexibility index (Phi) is 10.2. The number of rotatable bonds is 10. The van der Waals surface area contributed by atoms with Crippen LogP contribution in [-0.4, -0.2) is 49.5 Å². The molecule has 0 saturated heterocycles. The lowest BCUT2D eigenvalue weighted by atomic mass is 10.1. The topological polar surface area (TPSA) is 86.8 Å². The van der Waals surface area contributed by atoms with Crippen molar-refractivity contribution in [1.82, 2.24) is 10.2 Å². The highest BCUT2D eigenvalue weighted by atomic mass is 79.9. The summed E-state index contributed by atoms with van der Waals surface area (Å²) < 4.78 is 26.9. The number of halogens is 2. The fraction of sp³-hybridized carbons (Fsp3) is 0.440. The zero-order chi connectivity index (χ0) is 26.4. The third kappa shape index (κ3) is 9.46. The van der Waals surface area contributed by atoms with Gasteiger partial charge in [0, 0.05) is 34.5 Å². The van der Waals surface area contributed by atoms with E-state index in [0.717, 1.165) is 16.3 Å². The van der Waals surface area contributed by atoms with Crippen LogP contribution in [-0.2, 0) is 26.2 Å². The van der Waals surface area contributed by atoms with Crippen LogP contribution in [0, 0.1) is 0 Å². The summed E-state index contributed by atoms with van der Waals surface area (Å²) in [7, 11) is -3.57. The van der Waals surface area contributed by atoms with Crippen molar-refractivity contribution in [3.8, 4) is 0 Å². The Morgan fingerprint density at radius 3 is 2.29 bits per heavy atom. The molecule has 0 radical (unpaired) electrons. The van der Waals surface area contributed by atoms with Crippen LogP contribution in [0.2, 0.25) is 5.02 Å². The number of amides is 2. The lowest BCUT2D eigenvalue weighted by Crippen LogP contribution is -2.52. The Balaban J connectivity index is 2.18. The van der Waals surface area contributed by atoms with E-state index in [2.05, 4.69) is 21.2 Å². The van der Waals surface area contributed by atoms with Gasteiger partial charge in [0.25, 0.3) is 0 Å². The van der Waals surface area contributed by atoms with Crippen LogP contribution in [0.1, 0.15) is 46.1 Å². The van der Waals surface area contributed by atoms with Crippen molar-refractivity contribution in [2.75, 3.05) is 17.1 Å². The molecule has 1 atom stereocenters. The molecule has 0 aliphatic heterocycles. The monoisotopic (exact) mass is 585 g/mol. The zero-order valence-corrected chi connectivity index (χ0v) is 23.9. The standard InChI is InChI=1S/C25H33BrClN3O4S/c1-18(24(32)28-25(2,3)4)29(17-19-11-13-20(26)14-12-19)23(31)10-7-15-30(35(5,33)34)22-9-6-8-21(27)16-22/h6,8-9,11-14,16,18H,7,10,15,17H2,1-5H3,(H,28,32)/t18-/m0/s1. The minimum absolute atomic E-state index is 0.0796. The molecule has 0 aliphatic rings. The number of hydrogen-bond donors (Lipinski definition) is 1. The van der Waals surface area contributed by atoms with Crippen molar-refractivity contribution in [3.63, 3.8) is 0 Å². The van der Waals surface area contributed by atoms with Gasteiger partial charge in [0.2, 0.25) is 21.8 Å². The molecule has 0 spiro atoms. The molecule has 1 N–H and O–H groups in total. The Morgan fingerprint density at radius 1 is 1.11 bits per heavy atom. The smallest absolute Gasteiger partial charge is 0.242 e. The molecule has 2 amide bonds. The highest BCUT2D eigenvalue weighted by molar-refractivity contribution is 9.10. The van der Waals surface area contributed by atoms with Gasteiger partial charge in [-0.3, -0.25) is 13.9 Å². The van der Waals surface area contributed by atoms with Gasteiger partial charge in [-0.1, -0.05) is 45.7 Å². The summed E-state index contributed by atoms with van der Waals surface area (Å²) in [5.74, 6) is -0.483. The molecule has 0 bridgehead atoms. The Labute approximate surface area is 222 Å². The molecule has 0 heterocycles. The number of nitrogens with one attached hydrogen (secondary N) is 1. The number of nitrogens with zero attached hydrogens (tertiary/aromatic N) is 2. The fourth-order valence-electron chi connectivity index (χ4n) is 3.48. The normalized spacial score (nSPS) is 12.7. The number of sulfonamides is 1. The Hall–Kier alpha value is -2.10. The van der Waals surface area contributed by atoms with Crippen molar-refractivity contribution >= 4 is 55.1 Å². The maximum Gasteiger partial charge on any atom is 0.242 e. The van der Waals surface area contributed by atoms with E-state index >= 15 is 0 Å². The first-order valence-electron chi connectivity index (χ1n) is 11.3. The van der Waals surface area contributed by atoms with Crippen LogP contribution in [0.5, 0.6) is 0 Å². The van der Waals surface area contributed by atoms with Crippen LogP contribution >= 0.6 is 27.5 Å². The summed E-state index contributed by atoms with van der Waals surface area (Å²) in [5, 5.41) is 3.35. The van der Waals surface area contributed by atoms with Crippen molar-refractivity contribution in [1.29, 1.82) is 0 Å². The summed E-state index contributed by atoms with van der Waals surface area (Å²) >= 11 is 9.45. The number of carbonyl (C=O) groups excluding carboxylic acids is 2. The third-order valence-corrected chi connectivity index (χ3v) is 7.14. The molecule has 0 unspecified atom stereocenters.